The molecule has 1 heterocycles. The number of aromatic nitrogens is 2. The first kappa shape index (κ1) is 15.6. The Labute approximate surface area is 135 Å². The van der Waals surface area contributed by atoms with Gasteiger partial charge in [0.1, 0.15) is 11.4 Å². The Kier molecular flexibility index (Phi) is 4.34. The Morgan fingerprint density at radius 1 is 1.48 bits per heavy atom. The van der Waals surface area contributed by atoms with Gasteiger partial charge in [-0.2, -0.15) is 5.10 Å². The molecule has 1 saturated carbocycles. The van der Waals surface area contributed by atoms with Gasteiger partial charge in [-0.3, -0.25) is 9.89 Å². The van der Waals surface area contributed by atoms with Crippen molar-refractivity contribution in [2.24, 2.45) is 5.92 Å². The number of aliphatic hydroxyl groups excluding tert-OH is 1. The number of hydrogen-bond acceptors (Lipinski definition) is 4. The van der Waals surface area contributed by atoms with E-state index in [0.717, 1.165) is 18.4 Å². The summed E-state index contributed by atoms with van der Waals surface area (Å²) in [5.41, 5.74) is 1.88. The van der Waals surface area contributed by atoms with Crippen LogP contribution in [-0.4, -0.2) is 52.9 Å². The second-order valence-electron chi connectivity index (χ2n) is 5.96. The van der Waals surface area contributed by atoms with Crippen LogP contribution in [0.5, 0.6) is 5.75 Å². The number of amides is 1. The molecule has 3 rings (SSSR count). The Balaban J connectivity index is 1.74. The van der Waals surface area contributed by atoms with Crippen LogP contribution >= 0.6 is 0 Å². The summed E-state index contributed by atoms with van der Waals surface area (Å²) >= 11 is 0. The molecule has 0 aliphatic heterocycles. The fourth-order valence-electron chi connectivity index (χ4n) is 2.62. The first-order chi connectivity index (χ1) is 11.1. The molecule has 6 nitrogen and oxygen atoms in total. The van der Waals surface area contributed by atoms with E-state index in [4.69, 9.17) is 4.74 Å². The molecular formula is C17H21N3O3. The lowest BCUT2D eigenvalue weighted by atomic mass is 10.1. The maximum absolute atomic E-state index is 12.4. The Morgan fingerprint density at radius 3 is 2.91 bits per heavy atom. The number of ether oxygens (including phenoxy) is 1. The summed E-state index contributed by atoms with van der Waals surface area (Å²) in [7, 11) is 3.29. The van der Waals surface area contributed by atoms with E-state index in [9.17, 15) is 9.90 Å². The van der Waals surface area contributed by atoms with Gasteiger partial charge in [-0.1, -0.05) is 12.1 Å². The molecule has 1 aliphatic carbocycles. The Bertz CT molecular complexity index is 694. The molecule has 1 unspecified atom stereocenters. The average Bonchev–Trinajstić information content (AvgIpc) is 3.31. The molecule has 2 aromatic rings. The molecule has 0 spiro atoms. The van der Waals surface area contributed by atoms with E-state index in [1.54, 1.807) is 20.2 Å². The van der Waals surface area contributed by atoms with Crippen LogP contribution in [-0.2, 0) is 0 Å². The quantitative estimate of drug-likeness (QED) is 0.854. The lowest BCUT2D eigenvalue weighted by molar-refractivity contribution is 0.0640. The molecule has 0 radical (unpaired) electrons. The van der Waals surface area contributed by atoms with E-state index in [2.05, 4.69) is 10.2 Å². The molecular weight excluding hydrogens is 294 g/mol. The molecule has 1 aliphatic rings. The van der Waals surface area contributed by atoms with Crippen molar-refractivity contribution in [2.75, 3.05) is 20.7 Å². The van der Waals surface area contributed by atoms with Crippen molar-refractivity contribution in [3.05, 3.63) is 36.0 Å². The van der Waals surface area contributed by atoms with Gasteiger partial charge in [0.15, 0.2) is 0 Å². The van der Waals surface area contributed by atoms with E-state index >= 15 is 0 Å². The summed E-state index contributed by atoms with van der Waals surface area (Å²) in [4.78, 5) is 14.0. The Hall–Kier alpha value is -2.34. The van der Waals surface area contributed by atoms with Gasteiger partial charge < -0.3 is 14.7 Å². The number of carbonyl (C=O) groups excluding carboxylic acids is 1. The molecule has 0 saturated heterocycles. The zero-order valence-corrected chi connectivity index (χ0v) is 13.3. The van der Waals surface area contributed by atoms with Gasteiger partial charge in [-0.05, 0) is 37.0 Å². The van der Waals surface area contributed by atoms with Crippen molar-refractivity contribution >= 4 is 5.91 Å². The van der Waals surface area contributed by atoms with Crippen LogP contribution in [0.4, 0.5) is 0 Å². The predicted molar refractivity (Wildman–Crippen MR) is 86.3 cm³/mol. The number of aliphatic hydroxyl groups is 1. The van der Waals surface area contributed by atoms with E-state index in [0.29, 0.717) is 29.6 Å². The smallest absolute Gasteiger partial charge is 0.271 e. The van der Waals surface area contributed by atoms with Crippen molar-refractivity contribution in [3.63, 3.8) is 0 Å². The number of aromatic amines is 1. The molecule has 1 amide bonds. The molecule has 1 fully saturated rings. The molecule has 1 aromatic heterocycles. The van der Waals surface area contributed by atoms with Gasteiger partial charge in [-0.25, -0.2) is 0 Å². The van der Waals surface area contributed by atoms with Gasteiger partial charge >= 0.3 is 0 Å². The first-order valence-corrected chi connectivity index (χ1v) is 7.72. The summed E-state index contributed by atoms with van der Waals surface area (Å²) in [6.07, 6.45) is 1.65. The van der Waals surface area contributed by atoms with E-state index in [1.165, 1.54) is 4.90 Å². The van der Waals surface area contributed by atoms with Crippen LogP contribution in [0.25, 0.3) is 11.3 Å². The van der Waals surface area contributed by atoms with Crippen molar-refractivity contribution < 1.29 is 14.6 Å². The van der Waals surface area contributed by atoms with Crippen LogP contribution in [0, 0.1) is 5.92 Å². The SMILES string of the molecule is COc1ccccc1-c1cc(C(=O)N(C)CC(O)C2CC2)[nH]n1. The topological polar surface area (TPSA) is 78.5 Å². The third-order valence-electron chi connectivity index (χ3n) is 4.16. The highest BCUT2D eigenvalue weighted by Gasteiger charge is 2.31. The minimum absolute atomic E-state index is 0.182. The van der Waals surface area contributed by atoms with Crippen LogP contribution in [0.15, 0.2) is 30.3 Å². The number of H-pyrrole nitrogens is 1. The van der Waals surface area contributed by atoms with Crippen molar-refractivity contribution in [2.45, 2.75) is 18.9 Å². The van der Waals surface area contributed by atoms with Gasteiger partial charge in [0.2, 0.25) is 0 Å². The highest BCUT2D eigenvalue weighted by atomic mass is 16.5. The molecule has 23 heavy (non-hydrogen) atoms. The normalized spacial score (nSPS) is 15.3. The lowest BCUT2D eigenvalue weighted by Gasteiger charge is -2.19. The second-order valence-corrected chi connectivity index (χ2v) is 5.96. The van der Waals surface area contributed by atoms with E-state index < -0.39 is 6.10 Å². The maximum Gasteiger partial charge on any atom is 0.271 e. The summed E-state index contributed by atoms with van der Waals surface area (Å²) < 4.78 is 5.32. The maximum atomic E-state index is 12.4. The molecule has 0 bridgehead atoms. The highest BCUT2D eigenvalue weighted by molar-refractivity contribution is 5.93. The van der Waals surface area contributed by atoms with Gasteiger partial charge in [0, 0.05) is 19.2 Å². The standard InChI is InChI=1S/C17H21N3O3/c1-20(10-15(21)11-7-8-11)17(22)14-9-13(18-19-14)12-5-3-4-6-16(12)23-2/h3-6,9,11,15,21H,7-8,10H2,1-2H3,(H,18,19). The fraction of sp³-hybridized carbons (Fsp3) is 0.412. The highest BCUT2D eigenvalue weighted by Crippen LogP contribution is 2.33. The number of para-hydroxylation sites is 1. The van der Waals surface area contributed by atoms with Gasteiger partial charge in [0.05, 0.1) is 18.9 Å². The van der Waals surface area contributed by atoms with Crippen LogP contribution in [0.2, 0.25) is 0 Å². The number of nitrogens with zero attached hydrogens (tertiary/aromatic N) is 2. The number of rotatable bonds is 6. The minimum Gasteiger partial charge on any atom is -0.496 e. The third-order valence-corrected chi connectivity index (χ3v) is 4.16. The molecule has 6 heteroatoms. The van der Waals surface area contributed by atoms with E-state index in [1.807, 2.05) is 24.3 Å². The summed E-state index contributed by atoms with van der Waals surface area (Å²) in [5.74, 6) is 0.866. The minimum atomic E-state index is -0.444. The molecule has 122 valence electrons. The van der Waals surface area contributed by atoms with Crippen LogP contribution in [0.3, 0.4) is 0 Å². The van der Waals surface area contributed by atoms with E-state index in [-0.39, 0.29) is 5.91 Å². The molecule has 2 N–H and O–H groups in total. The van der Waals surface area contributed by atoms with Crippen molar-refractivity contribution in [1.29, 1.82) is 0 Å². The number of methoxy groups -OCH3 is 1. The van der Waals surface area contributed by atoms with Crippen LogP contribution in [0.1, 0.15) is 23.3 Å². The third kappa shape index (κ3) is 3.37. The zero-order chi connectivity index (χ0) is 16.4. The lowest BCUT2D eigenvalue weighted by Crippen LogP contribution is -2.35. The number of carbonyl (C=O) groups is 1. The van der Waals surface area contributed by atoms with Crippen LogP contribution < -0.4 is 4.74 Å². The summed E-state index contributed by atoms with van der Waals surface area (Å²) in [6, 6.07) is 9.23. The first-order valence-electron chi connectivity index (χ1n) is 7.72. The fourth-order valence-corrected chi connectivity index (χ4v) is 2.62. The molecule has 1 atom stereocenters. The zero-order valence-electron chi connectivity index (χ0n) is 13.3. The summed E-state index contributed by atoms with van der Waals surface area (Å²) in [6.45, 7) is 0.340. The second kappa shape index (κ2) is 6.42. The Morgan fingerprint density at radius 2 is 2.22 bits per heavy atom. The van der Waals surface area contributed by atoms with Gasteiger partial charge in [0.25, 0.3) is 5.91 Å². The van der Waals surface area contributed by atoms with Gasteiger partial charge in [-0.15, -0.1) is 0 Å². The number of hydrogen-bond donors (Lipinski definition) is 2. The number of benzene rings is 1. The molecule has 1 aromatic carbocycles. The van der Waals surface area contributed by atoms with Crippen molar-refractivity contribution in [3.8, 4) is 17.0 Å². The summed E-state index contributed by atoms with van der Waals surface area (Å²) in [5, 5.41) is 17.0. The monoisotopic (exact) mass is 315 g/mol. The van der Waals surface area contributed by atoms with Crippen molar-refractivity contribution in [1.82, 2.24) is 15.1 Å². The number of nitrogens with one attached hydrogen (secondary N) is 1. The number of likely N-dealkylation sites (N-methyl/N-ethyl adjacent to an activating group) is 1. The largest absolute Gasteiger partial charge is 0.496 e. The average molecular weight is 315 g/mol. The predicted octanol–water partition coefficient (Wildman–Crippen LogP) is 1.93.